The van der Waals surface area contributed by atoms with Crippen LogP contribution in [0.25, 0.3) is 0 Å². The van der Waals surface area contributed by atoms with E-state index in [0.717, 1.165) is 48.3 Å². The van der Waals surface area contributed by atoms with Crippen LogP contribution >= 0.6 is 39.1 Å². The minimum absolute atomic E-state index is 0. The highest BCUT2D eigenvalue weighted by molar-refractivity contribution is 14.0. The average molecular weight is 807 g/mol. The van der Waals surface area contributed by atoms with Gasteiger partial charge in [0.15, 0.2) is 6.29 Å². The first-order valence-corrected chi connectivity index (χ1v) is 20.9. The summed E-state index contributed by atoms with van der Waals surface area (Å²) < 4.78 is 28.7. The number of halogens is 1. The van der Waals surface area contributed by atoms with Crippen molar-refractivity contribution in [1.29, 1.82) is 0 Å². The van der Waals surface area contributed by atoms with Crippen LogP contribution in [0, 0.1) is 46.3 Å². The highest BCUT2D eigenvalue weighted by atomic mass is 127. The predicted molar refractivity (Wildman–Crippen MR) is 182 cm³/mol. The topological polar surface area (TPSA) is 209 Å². The maximum absolute atomic E-state index is 12.6. The van der Waals surface area contributed by atoms with E-state index in [2.05, 4.69) is 10.4 Å². The van der Waals surface area contributed by atoms with Crippen molar-refractivity contribution in [2.24, 2.45) is 46.3 Å². The Morgan fingerprint density at radius 3 is 1.48 bits per heavy atom. The van der Waals surface area contributed by atoms with Crippen molar-refractivity contribution in [3.05, 3.63) is 0 Å². The van der Waals surface area contributed by atoms with Gasteiger partial charge in [0.1, 0.15) is 18.3 Å². The summed E-state index contributed by atoms with van der Waals surface area (Å²) in [4.78, 5) is 28.4. The van der Waals surface area contributed by atoms with Gasteiger partial charge in [0.25, 0.3) is 7.52 Å². The minimum atomic E-state index is -3.79. The highest BCUT2D eigenvalue weighted by Gasteiger charge is 2.52. The fourth-order valence-corrected chi connectivity index (χ4v) is 13.7. The van der Waals surface area contributed by atoms with Crippen LogP contribution in [0.15, 0.2) is 0 Å². The molecule has 0 aromatic rings. The number of rotatable bonds is 11. The molecule has 0 radical (unpaired) electrons. The van der Waals surface area contributed by atoms with E-state index in [1.54, 1.807) is 0 Å². The van der Waals surface area contributed by atoms with Crippen LogP contribution in [-0.4, -0.2) is 91.3 Å². The lowest BCUT2D eigenvalue weighted by Gasteiger charge is -2.57. The van der Waals surface area contributed by atoms with Crippen molar-refractivity contribution >= 4 is 39.1 Å². The molecule has 9 fully saturated rings. The number of aliphatic hydroxyl groups is 4. The Labute approximate surface area is 289 Å². The molecule has 268 valence electrons. The van der Waals surface area contributed by atoms with Gasteiger partial charge in [0, 0.05) is 6.16 Å². The lowest BCUT2D eigenvalue weighted by molar-refractivity contribution is -0.254. The van der Waals surface area contributed by atoms with Gasteiger partial charge in [-0.2, -0.15) is 0 Å². The van der Waals surface area contributed by atoms with Crippen LogP contribution in [0.5, 0.6) is 0 Å². The highest BCUT2D eigenvalue weighted by Crippen LogP contribution is 2.63. The molecule has 15 heteroatoms. The van der Waals surface area contributed by atoms with Gasteiger partial charge in [0.05, 0.1) is 25.5 Å². The van der Waals surface area contributed by atoms with Crippen molar-refractivity contribution in [3.63, 3.8) is 0 Å². The first-order valence-electron chi connectivity index (χ1n) is 17.3. The number of nitrogens with one attached hydrogen (secondary N) is 2. The molecule has 3 unspecified atom stereocenters. The summed E-state index contributed by atoms with van der Waals surface area (Å²) >= 11 is 0. The molecule has 9 aliphatic rings. The zero-order chi connectivity index (χ0) is 32.2. The largest absolute Gasteiger partial charge is 0.394 e. The first-order chi connectivity index (χ1) is 21.1. The van der Waals surface area contributed by atoms with Gasteiger partial charge < -0.3 is 39.8 Å². The summed E-state index contributed by atoms with van der Waals surface area (Å²) in [5.74, 6) is 5.04. The summed E-state index contributed by atoms with van der Waals surface area (Å²) in [5.41, 5.74) is 0.547. The van der Waals surface area contributed by atoms with Gasteiger partial charge in [-0.05, 0) is 136 Å². The number of hydrogen-bond donors (Lipinski definition) is 9. The zero-order valence-corrected chi connectivity index (χ0v) is 30.9. The molecule has 9 N–H and O–H groups in total. The molecule has 12 nitrogen and oxygen atoms in total. The second-order valence-electron chi connectivity index (χ2n) is 16.4. The van der Waals surface area contributed by atoms with Gasteiger partial charge >= 0.3 is 7.60 Å². The molecule has 0 aromatic carbocycles. The summed E-state index contributed by atoms with van der Waals surface area (Å²) in [6, 6.07) is -1.04. The lowest BCUT2D eigenvalue weighted by Crippen LogP contribution is -2.64. The average Bonchev–Trinajstić information content (AvgIpc) is 2.93. The van der Waals surface area contributed by atoms with Crippen LogP contribution in [-0.2, 0) is 13.9 Å². The Bertz CT molecular complexity index is 1070. The third-order valence-corrected chi connectivity index (χ3v) is 15.1. The molecule has 1 aliphatic heterocycles. The molecule has 8 aliphatic carbocycles. The van der Waals surface area contributed by atoms with Crippen molar-refractivity contribution in [2.75, 3.05) is 25.6 Å². The Hall–Kier alpha value is 0.790. The normalized spacial score (nSPS) is 46.7. The van der Waals surface area contributed by atoms with E-state index in [0.29, 0.717) is 5.41 Å². The van der Waals surface area contributed by atoms with Gasteiger partial charge in [-0.3, -0.25) is 14.4 Å². The maximum Gasteiger partial charge on any atom is 0.325 e. The van der Waals surface area contributed by atoms with E-state index < -0.39 is 52.4 Å². The molecule has 0 amide bonds. The standard InChI is InChI=1S/C19H35N2O7P.C12H21O3P.HI/c22-9-14-16(23)17(24)15(18(25)28-14)20-10-21-29(26,27)2-1-19-6-11-3-12(7-19)5-13(4-11)8-19;13-16(14,15)2-1-12-6-9-3-10(7-12)5-11(4-9)8-12;/h11-18,20,22-25H,1-10H2,(H2,21,26,27);9-11H,1-8H2,(H2,13,14,15);1H/t11?,12?,13?,14-,15?,16+,17-,18?,19?;;/m1../s1. The van der Waals surface area contributed by atoms with Gasteiger partial charge in [-0.25, -0.2) is 5.09 Å². The van der Waals surface area contributed by atoms with Gasteiger partial charge in [-0.15, -0.1) is 24.0 Å². The number of aliphatic hydroxyl groups excluding tert-OH is 4. The first kappa shape index (κ1) is 38.0. The molecule has 0 spiro atoms. The van der Waals surface area contributed by atoms with Crippen LogP contribution in [0.4, 0.5) is 0 Å². The van der Waals surface area contributed by atoms with Crippen LogP contribution < -0.4 is 10.4 Å². The molecule has 9 rings (SSSR count). The smallest absolute Gasteiger partial charge is 0.325 e. The monoisotopic (exact) mass is 806 g/mol. The van der Waals surface area contributed by atoms with Crippen molar-refractivity contribution in [3.8, 4) is 0 Å². The van der Waals surface area contributed by atoms with Crippen molar-refractivity contribution in [2.45, 2.75) is 121 Å². The molecular weight excluding hydrogens is 749 g/mol. The predicted octanol–water partition coefficient (Wildman–Crippen LogP) is 3.10. The molecule has 46 heavy (non-hydrogen) atoms. The molecular formula is C31H57IN2O10P2. The van der Waals surface area contributed by atoms with E-state index in [1.165, 1.54) is 77.0 Å². The lowest BCUT2D eigenvalue weighted by atomic mass is 9.49. The zero-order valence-electron chi connectivity index (χ0n) is 26.7. The van der Waals surface area contributed by atoms with E-state index in [1.807, 2.05) is 0 Å². The third-order valence-electron chi connectivity index (χ3n) is 12.8. The van der Waals surface area contributed by atoms with Gasteiger partial charge in [0.2, 0.25) is 0 Å². The second kappa shape index (κ2) is 14.8. The van der Waals surface area contributed by atoms with E-state index in [9.17, 15) is 29.3 Å². The van der Waals surface area contributed by atoms with Crippen LogP contribution in [0.3, 0.4) is 0 Å². The fourth-order valence-electron chi connectivity index (χ4n) is 11.6. The molecule has 0 aromatic heterocycles. The maximum atomic E-state index is 12.6. The molecule has 1 heterocycles. The molecule has 6 atom stereocenters. The third kappa shape index (κ3) is 8.98. The summed E-state index contributed by atoms with van der Waals surface area (Å²) in [6.45, 7) is -0.649. The van der Waals surface area contributed by atoms with Crippen LogP contribution in [0.2, 0.25) is 0 Å². The van der Waals surface area contributed by atoms with E-state index in [4.69, 9.17) is 19.6 Å². The van der Waals surface area contributed by atoms with Gasteiger partial charge in [-0.1, -0.05) is 0 Å². The van der Waals surface area contributed by atoms with Crippen LogP contribution in [0.1, 0.15) is 89.9 Å². The summed E-state index contributed by atoms with van der Waals surface area (Å²) in [7, 11) is -7.36. The Balaban J connectivity index is 0.000000207. The Morgan fingerprint density at radius 1 is 0.674 bits per heavy atom. The number of hydrogen-bond acceptors (Lipinski definition) is 8. The van der Waals surface area contributed by atoms with Crippen molar-refractivity contribution in [1.82, 2.24) is 10.4 Å². The minimum Gasteiger partial charge on any atom is -0.394 e. The Kier molecular flexibility index (Phi) is 12.2. The second-order valence-corrected chi connectivity index (χ2v) is 20.4. The quantitative estimate of drug-likeness (QED) is 0.0839. The summed E-state index contributed by atoms with van der Waals surface area (Å²) in [6.07, 6.45) is 12.1. The molecule has 8 bridgehead atoms. The SMILES string of the molecule is I.O=P(O)(CCC12CC3CC(CC(C3)C1)C2)NCNC1C(O)O[C@H](CO)[C@H](O)[C@@H]1O.O=P(O)(O)CCC12CC3CC(CC(C3)C1)C2. The fraction of sp³-hybridized carbons (Fsp3) is 1.00. The van der Waals surface area contributed by atoms with E-state index >= 15 is 0 Å². The summed E-state index contributed by atoms with van der Waals surface area (Å²) in [5, 5.41) is 44.4. The number of ether oxygens (including phenoxy) is 1. The molecule has 1 saturated heterocycles. The van der Waals surface area contributed by atoms with Crippen molar-refractivity contribution < 1.29 is 49.0 Å². The Morgan fingerprint density at radius 2 is 1.09 bits per heavy atom. The molecule has 8 saturated carbocycles. The van der Waals surface area contributed by atoms with E-state index in [-0.39, 0.29) is 48.4 Å².